The summed E-state index contributed by atoms with van der Waals surface area (Å²) in [4.78, 5) is 4.32. The smallest absolute Gasteiger partial charge is 0.342 e. The average molecular weight is 773 g/mol. The Hall–Kier alpha value is -4.83. The quantitative estimate of drug-likeness (QED) is 0.127. The molecule has 0 amide bonds. The molecule has 224 valence electrons. The Morgan fingerprint density at radius 2 is 1.50 bits per heavy atom. The van der Waals surface area contributed by atoms with Crippen LogP contribution in [0.4, 0.5) is 0 Å². The molecular weight excluding hydrogens is 741 g/mol. The summed E-state index contributed by atoms with van der Waals surface area (Å²) in [5.74, 6) is 0. The average Bonchev–Trinajstić information content (AvgIpc) is 3.75. The molecule has 0 bridgehead atoms. The number of hydrogen-bond acceptors (Lipinski definition) is 1. The summed E-state index contributed by atoms with van der Waals surface area (Å²) >= 11 is 0. The molecule has 0 fully saturated rings. The van der Waals surface area contributed by atoms with Gasteiger partial charge in [-0.05, 0) is 36.1 Å². The van der Waals surface area contributed by atoms with Crippen LogP contribution in [0.2, 0.25) is 0 Å². The van der Waals surface area contributed by atoms with Gasteiger partial charge in [0.05, 0.1) is 23.1 Å². The number of rotatable bonds is 5. The van der Waals surface area contributed by atoms with Gasteiger partial charge in [0.15, 0.2) is 0 Å². The van der Waals surface area contributed by atoms with E-state index in [-0.39, 0.29) is 20.1 Å². The van der Waals surface area contributed by atoms with Crippen LogP contribution in [0.5, 0.6) is 0 Å². The summed E-state index contributed by atoms with van der Waals surface area (Å²) in [5, 5.41) is 5.15. The molecular formula is C41H32IrN4+. The minimum atomic E-state index is 0. The molecule has 5 aromatic carbocycles. The van der Waals surface area contributed by atoms with E-state index in [1.807, 2.05) is 43.5 Å². The van der Waals surface area contributed by atoms with E-state index >= 15 is 0 Å². The molecule has 0 aliphatic carbocycles. The second-order valence-electron chi connectivity index (χ2n) is 11.6. The third-order valence-corrected chi connectivity index (χ3v) is 8.65. The van der Waals surface area contributed by atoms with Crippen molar-refractivity contribution in [2.75, 3.05) is 0 Å². The number of unbranched alkanes of at least 4 members (excludes halogenated alkanes) is 1. The largest absolute Gasteiger partial charge is 3.00 e. The maximum absolute atomic E-state index is 4.32. The van der Waals surface area contributed by atoms with Gasteiger partial charge < -0.3 is 18.5 Å². The van der Waals surface area contributed by atoms with Crippen LogP contribution in [0.3, 0.4) is 0 Å². The van der Waals surface area contributed by atoms with Crippen LogP contribution in [-0.2, 0) is 26.7 Å². The second kappa shape index (κ2) is 12.5. The zero-order valence-electron chi connectivity index (χ0n) is 25.8. The van der Waals surface area contributed by atoms with Crippen molar-refractivity contribution in [2.24, 2.45) is 0 Å². The first-order valence-corrected chi connectivity index (χ1v) is 15.6. The Balaban J connectivity index is 0.000000204. The van der Waals surface area contributed by atoms with E-state index < -0.39 is 0 Å². The predicted octanol–water partition coefficient (Wildman–Crippen LogP) is 9.32. The van der Waals surface area contributed by atoms with E-state index in [2.05, 4.69) is 129 Å². The zero-order valence-corrected chi connectivity index (χ0v) is 28.2. The standard InChI is InChI=1S/C29H22N3.C12H10N.Ir/c1-2-3-17-30-19-31(27-14-7-6-13-26(27)30)20-15-16-22-24-11-8-10-23-21-9-4-5-12-25(21)32(29(23)24)28(22)18-20;1-10-7-8-12(13-9-10)11-5-3-2-4-6-11;/h4-14,16,18H,2-3,17H2,1H3;2-5,7-9H,1H3;/q2*-1;+3. The fourth-order valence-corrected chi connectivity index (χ4v) is 6.44. The number of pyridine rings is 1. The number of hydrogen-bond donors (Lipinski definition) is 0. The summed E-state index contributed by atoms with van der Waals surface area (Å²) in [6.45, 7) is 5.24. The van der Waals surface area contributed by atoms with Crippen molar-refractivity contribution < 1.29 is 24.7 Å². The molecule has 0 radical (unpaired) electrons. The molecule has 0 spiro atoms. The number of fused-ring (bicyclic) bond motifs is 7. The van der Waals surface area contributed by atoms with E-state index in [9.17, 15) is 0 Å². The predicted molar refractivity (Wildman–Crippen MR) is 184 cm³/mol. The fourth-order valence-electron chi connectivity index (χ4n) is 6.44. The van der Waals surface area contributed by atoms with Crippen molar-refractivity contribution in [1.82, 2.24) is 14.0 Å². The normalized spacial score (nSPS) is 11.3. The first-order chi connectivity index (χ1) is 22.2. The Morgan fingerprint density at radius 3 is 2.28 bits per heavy atom. The zero-order chi connectivity index (χ0) is 30.3. The molecule has 0 atom stereocenters. The van der Waals surface area contributed by atoms with Crippen LogP contribution in [0.25, 0.3) is 66.1 Å². The molecule has 9 aromatic rings. The number of benzene rings is 5. The van der Waals surface area contributed by atoms with Crippen molar-refractivity contribution in [3.8, 4) is 16.9 Å². The molecule has 0 aliphatic rings. The number of aryl methyl sites for hydroxylation is 2. The third kappa shape index (κ3) is 5.06. The van der Waals surface area contributed by atoms with Crippen LogP contribution in [0, 0.1) is 25.4 Å². The molecule has 9 rings (SSSR count). The molecule has 0 unspecified atom stereocenters. The molecule has 4 heterocycles. The Kier molecular flexibility index (Phi) is 8.12. The first kappa shape index (κ1) is 29.9. The molecule has 4 nitrogen and oxygen atoms in total. The second-order valence-corrected chi connectivity index (χ2v) is 11.6. The maximum Gasteiger partial charge on any atom is 3.00 e. The van der Waals surface area contributed by atoms with Gasteiger partial charge in [-0.2, -0.15) is 12.1 Å². The Bertz CT molecular complexity index is 2420. The minimum Gasteiger partial charge on any atom is -0.342 e. The monoisotopic (exact) mass is 773 g/mol. The summed E-state index contributed by atoms with van der Waals surface area (Å²) in [6.07, 6.45) is 7.78. The summed E-state index contributed by atoms with van der Waals surface area (Å²) in [5.41, 5.74) is 10.4. The van der Waals surface area contributed by atoms with Gasteiger partial charge in [0.25, 0.3) is 0 Å². The molecule has 0 saturated carbocycles. The van der Waals surface area contributed by atoms with E-state index in [1.165, 1.54) is 55.6 Å². The van der Waals surface area contributed by atoms with E-state index in [0.29, 0.717) is 0 Å². The maximum atomic E-state index is 4.32. The van der Waals surface area contributed by atoms with Crippen molar-refractivity contribution >= 4 is 49.1 Å². The van der Waals surface area contributed by atoms with Gasteiger partial charge in [0.1, 0.15) is 0 Å². The number of aromatic nitrogens is 4. The number of imidazole rings is 1. The molecule has 0 N–H and O–H groups in total. The van der Waals surface area contributed by atoms with Gasteiger partial charge >= 0.3 is 20.1 Å². The van der Waals surface area contributed by atoms with Crippen molar-refractivity contribution in [2.45, 2.75) is 33.2 Å². The topological polar surface area (TPSA) is 26.1 Å². The van der Waals surface area contributed by atoms with Gasteiger partial charge in [-0.1, -0.05) is 97.3 Å². The fraction of sp³-hybridized carbons (Fsp3) is 0.122. The molecule has 0 saturated heterocycles. The molecule has 46 heavy (non-hydrogen) atoms. The summed E-state index contributed by atoms with van der Waals surface area (Å²) < 4.78 is 6.83. The van der Waals surface area contributed by atoms with Crippen LogP contribution in [0.15, 0.2) is 121 Å². The van der Waals surface area contributed by atoms with E-state index in [0.717, 1.165) is 35.4 Å². The molecule has 4 aromatic heterocycles. The van der Waals surface area contributed by atoms with Gasteiger partial charge in [0.2, 0.25) is 6.33 Å². The van der Waals surface area contributed by atoms with Crippen LogP contribution in [-0.4, -0.2) is 14.0 Å². The number of nitrogens with zero attached hydrogens (tertiary/aromatic N) is 4. The van der Waals surface area contributed by atoms with Crippen LogP contribution < -0.4 is 4.57 Å². The van der Waals surface area contributed by atoms with Gasteiger partial charge in [-0.3, -0.25) is 0 Å². The minimum absolute atomic E-state index is 0. The Labute approximate surface area is 282 Å². The van der Waals surface area contributed by atoms with Gasteiger partial charge in [-0.25, -0.2) is 0 Å². The van der Waals surface area contributed by atoms with Crippen molar-refractivity contribution in [1.29, 1.82) is 0 Å². The summed E-state index contributed by atoms with van der Waals surface area (Å²) in [7, 11) is 0. The van der Waals surface area contributed by atoms with Gasteiger partial charge in [0, 0.05) is 22.5 Å². The third-order valence-electron chi connectivity index (χ3n) is 8.65. The van der Waals surface area contributed by atoms with Crippen molar-refractivity contribution in [3.63, 3.8) is 0 Å². The van der Waals surface area contributed by atoms with E-state index in [1.54, 1.807) is 0 Å². The van der Waals surface area contributed by atoms with Crippen LogP contribution >= 0.6 is 0 Å². The van der Waals surface area contributed by atoms with E-state index in [4.69, 9.17) is 0 Å². The molecule has 0 aliphatic heterocycles. The first-order valence-electron chi connectivity index (χ1n) is 15.6. The molecule has 5 heteroatoms. The van der Waals surface area contributed by atoms with Crippen LogP contribution in [0.1, 0.15) is 25.3 Å². The van der Waals surface area contributed by atoms with Gasteiger partial charge in [-0.15, -0.1) is 47.3 Å². The Morgan fingerprint density at radius 1 is 0.739 bits per heavy atom. The SMILES string of the molecule is CCCC[n+]1[c-]n(-c2[c-]cc3c4cccc5c6ccccc6n(c3c2)c54)c2ccccc21.Cc1ccc(-c2[c-]cccc2)nc1.[Ir+3]. The summed E-state index contributed by atoms with van der Waals surface area (Å²) in [6, 6.07) is 47.0. The van der Waals surface area contributed by atoms with Crippen molar-refractivity contribution in [3.05, 3.63) is 145 Å². The number of para-hydroxylation sites is 4.